The van der Waals surface area contributed by atoms with Gasteiger partial charge in [-0.2, -0.15) is 0 Å². The highest BCUT2D eigenvalue weighted by atomic mass is 16.5. The van der Waals surface area contributed by atoms with E-state index < -0.39 is 0 Å². The van der Waals surface area contributed by atoms with Gasteiger partial charge in [0.25, 0.3) is 0 Å². The molecule has 0 spiro atoms. The largest absolute Gasteiger partial charge is 0.494 e. The summed E-state index contributed by atoms with van der Waals surface area (Å²) in [6.07, 6.45) is 3.35. The van der Waals surface area contributed by atoms with Crippen molar-refractivity contribution in [1.82, 2.24) is 10.5 Å². The molecule has 0 bridgehead atoms. The molecule has 0 saturated heterocycles. The number of benzene rings is 1. The maximum absolute atomic E-state index is 5.45. The maximum atomic E-state index is 5.45. The number of nitrogens with zero attached hydrogens (tertiary/aromatic N) is 1. The van der Waals surface area contributed by atoms with Crippen molar-refractivity contribution in [3.05, 3.63) is 47.9 Å². The molecular weight excluding hydrogens is 216 g/mol. The van der Waals surface area contributed by atoms with Gasteiger partial charge in [-0.05, 0) is 24.6 Å². The molecule has 0 fully saturated rings. The monoisotopic (exact) mass is 232 g/mol. The van der Waals surface area contributed by atoms with Gasteiger partial charge in [-0.3, -0.25) is 0 Å². The Labute approximate surface area is 101 Å². The van der Waals surface area contributed by atoms with Crippen LogP contribution in [0.25, 0.3) is 0 Å². The molecule has 4 nitrogen and oxygen atoms in total. The van der Waals surface area contributed by atoms with Gasteiger partial charge < -0.3 is 14.6 Å². The van der Waals surface area contributed by atoms with Gasteiger partial charge in [-0.25, -0.2) is 0 Å². The molecule has 2 rings (SSSR count). The molecule has 0 unspecified atom stereocenters. The third-order valence-electron chi connectivity index (χ3n) is 2.35. The lowest BCUT2D eigenvalue weighted by molar-refractivity contribution is 0.340. The molecule has 0 aliphatic heterocycles. The molecule has 1 aromatic heterocycles. The van der Waals surface area contributed by atoms with Crippen LogP contribution in [-0.2, 0) is 13.1 Å². The van der Waals surface area contributed by atoms with E-state index in [4.69, 9.17) is 9.26 Å². The van der Waals surface area contributed by atoms with Crippen molar-refractivity contribution in [1.29, 1.82) is 0 Å². The normalized spacial score (nSPS) is 10.4. The molecular formula is C13H16N2O2. The van der Waals surface area contributed by atoms with Crippen LogP contribution in [0.3, 0.4) is 0 Å². The van der Waals surface area contributed by atoms with Gasteiger partial charge in [0.05, 0.1) is 12.8 Å². The summed E-state index contributed by atoms with van der Waals surface area (Å²) in [6, 6.07) is 8.08. The van der Waals surface area contributed by atoms with Crippen LogP contribution in [0.4, 0.5) is 0 Å². The smallest absolute Gasteiger partial charge is 0.128 e. The Morgan fingerprint density at radius 2 is 2.18 bits per heavy atom. The minimum Gasteiger partial charge on any atom is -0.494 e. The van der Waals surface area contributed by atoms with E-state index in [-0.39, 0.29) is 0 Å². The van der Waals surface area contributed by atoms with Gasteiger partial charge >= 0.3 is 0 Å². The molecule has 2 aromatic rings. The SMILES string of the molecule is CCOc1cccc(CNCc2cnoc2)c1. The molecule has 0 atom stereocenters. The van der Waals surface area contributed by atoms with Crippen LogP contribution < -0.4 is 10.1 Å². The van der Waals surface area contributed by atoms with Crippen LogP contribution in [0.1, 0.15) is 18.1 Å². The molecule has 4 heteroatoms. The van der Waals surface area contributed by atoms with Gasteiger partial charge in [0, 0.05) is 18.7 Å². The lowest BCUT2D eigenvalue weighted by Crippen LogP contribution is -2.12. The second kappa shape index (κ2) is 6.06. The zero-order valence-corrected chi connectivity index (χ0v) is 9.85. The van der Waals surface area contributed by atoms with Gasteiger partial charge in [0.15, 0.2) is 0 Å². The third kappa shape index (κ3) is 3.60. The fourth-order valence-electron chi connectivity index (χ4n) is 1.58. The number of hydrogen-bond donors (Lipinski definition) is 1. The molecule has 0 aliphatic carbocycles. The summed E-state index contributed by atoms with van der Waals surface area (Å²) >= 11 is 0. The van der Waals surface area contributed by atoms with Crippen molar-refractivity contribution >= 4 is 0 Å². The van der Waals surface area contributed by atoms with E-state index >= 15 is 0 Å². The zero-order valence-electron chi connectivity index (χ0n) is 9.85. The quantitative estimate of drug-likeness (QED) is 0.830. The standard InChI is InChI=1S/C13H16N2O2/c1-2-16-13-5-3-4-11(6-13)7-14-8-12-9-15-17-10-12/h3-6,9-10,14H,2,7-8H2,1H3. The topological polar surface area (TPSA) is 47.3 Å². The predicted molar refractivity (Wildman–Crippen MR) is 64.7 cm³/mol. The van der Waals surface area contributed by atoms with E-state index in [1.54, 1.807) is 12.5 Å². The van der Waals surface area contributed by atoms with Crippen LogP contribution in [0, 0.1) is 0 Å². The molecule has 0 saturated carbocycles. The van der Waals surface area contributed by atoms with Crippen molar-refractivity contribution < 1.29 is 9.26 Å². The van der Waals surface area contributed by atoms with E-state index in [0.29, 0.717) is 6.61 Å². The summed E-state index contributed by atoms with van der Waals surface area (Å²) in [6.45, 7) is 4.23. The van der Waals surface area contributed by atoms with Crippen LogP contribution in [0.2, 0.25) is 0 Å². The zero-order chi connectivity index (χ0) is 11.9. The average molecular weight is 232 g/mol. The van der Waals surface area contributed by atoms with Gasteiger partial charge in [-0.15, -0.1) is 0 Å². The van der Waals surface area contributed by atoms with Crippen LogP contribution in [-0.4, -0.2) is 11.8 Å². The number of nitrogens with one attached hydrogen (secondary N) is 1. The molecule has 1 aromatic carbocycles. The maximum Gasteiger partial charge on any atom is 0.128 e. The average Bonchev–Trinajstić information content (AvgIpc) is 2.83. The number of hydrogen-bond acceptors (Lipinski definition) is 4. The number of aromatic nitrogens is 1. The van der Waals surface area contributed by atoms with Crippen molar-refractivity contribution in [2.24, 2.45) is 0 Å². The van der Waals surface area contributed by atoms with Gasteiger partial charge in [0.1, 0.15) is 12.0 Å². The second-order valence-electron chi connectivity index (χ2n) is 3.72. The van der Waals surface area contributed by atoms with Crippen molar-refractivity contribution in [3.63, 3.8) is 0 Å². The molecule has 1 heterocycles. The molecule has 0 aliphatic rings. The Kier molecular flexibility index (Phi) is 4.16. The molecule has 0 radical (unpaired) electrons. The highest BCUT2D eigenvalue weighted by Gasteiger charge is 1.98. The summed E-state index contributed by atoms with van der Waals surface area (Å²) in [5, 5.41) is 6.97. The minimum absolute atomic E-state index is 0.692. The fourth-order valence-corrected chi connectivity index (χ4v) is 1.58. The first kappa shape index (κ1) is 11.7. The van der Waals surface area contributed by atoms with E-state index in [2.05, 4.69) is 16.5 Å². The molecule has 90 valence electrons. The summed E-state index contributed by atoms with van der Waals surface area (Å²) in [5.74, 6) is 0.914. The van der Waals surface area contributed by atoms with Crippen LogP contribution >= 0.6 is 0 Å². The highest BCUT2D eigenvalue weighted by Crippen LogP contribution is 2.13. The third-order valence-corrected chi connectivity index (χ3v) is 2.35. The Morgan fingerprint density at radius 1 is 1.29 bits per heavy atom. The number of ether oxygens (including phenoxy) is 1. The molecule has 17 heavy (non-hydrogen) atoms. The predicted octanol–water partition coefficient (Wildman–Crippen LogP) is 2.36. The van der Waals surface area contributed by atoms with Crippen LogP contribution in [0.5, 0.6) is 5.75 Å². The van der Waals surface area contributed by atoms with Crippen molar-refractivity contribution in [2.45, 2.75) is 20.0 Å². The van der Waals surface area contributed by atoms with E-state index in [0.717, 1.165) is 24.4 Å². The lowest BCUT2D eigenvalue weighted by atomic mass is 10.2. The van der Waals surface area contributed by atoms with Gasteiger partial charge in [0.2, 0.25) is 0 Å². The summed E-state index contributed by atoms with van der Waals surface area (Å²) in [7, 11) is 0. The first-order chi connectivity index (χ1) is 8.38. The first-order valence-electron chi connectivity index (χ1n) is 5.69. The Morgan fingerprint density at radius 3 is 2.94 bits per heavy atom. The van der Waals surface area contributed by atoms with Gasteiger partial charge in [-0.1, -0.05) is 17.3 Å². The lowest BCUT2D eigenvalue weighted by Gasteiger charge is -2.06. The fraction of sp³-hybridized carbons (Fsp3) is 0.308. The minimum atomic E-state index is 0.692. The summed E-state index contributed by atoms with van der Waals surface area (Å²) in [5.41, 5.74) is 2.25. The molecule has 1 N–H and O–H groups in total. The van der Waals surface area contributed by atoms with E-state index in [9.17, 15) is 0 Å². The van der Waals surface area contributed by atoms with E-state index in [1.165, 1.54) is 5.56 Å². The Bertz CT molecular complexity index is 440. The molecule has 0 amide bonds. The van der Waals surface area contributed by atoms with Crippen LogP contribution in [0.15, 0.2) is 41.2 Å². The Hall–Kier alpha value is -1.81. The summed E-state index contributed by atoms with van der Waals surface area (Å²) < 4.78 is 10.2. The summed E-state index contributed by atoms with van der Waals surface area (Å²) in [4.78, 5) is 0. The van der Waals surface area contributed by atoms with Crippen molar-refractivity contribution in [2.75, 3.05) is 6.61 Å². The number of rotatable bonds is 6. The Balaban J connectivity index is 1.84. The van der Waals surface area contributed by atoms with E-state index in [1.807, 2.05) is 25.1 Å². The highest BCUT2D eigenvalue weighted by molar-refractivity contribution is 5.28. The first-order valence-corrected chi connectivity index (χ1v) is 5.69. The van der Waals surface area contributed by atoms with Crippen molar-refractivity contribution in [3.8, 4) is 5.75 Å². The second-order valence-corrected chi connectivity index (χ2v) is 3.72.